The number of aliphatic carboxylic acids is 1. The molecule has 2 aromatic carbocycles. The number of carboxylic acid groups (broad SMARTS) is 1. The molecule has 0 saturated carbocycles. The summed E-state index contributed by atoms with van der Waals surface area (Å²) in [4.78, 5) is 19.4. The summed E-state index contributed by atoms with van der Waals surface area (Å²) in [5.74, 6) is -2.03. The number of methoxy groups -OCH3 is 1. The molecule has 2 aromatic heterocycles. The summed E-state index contributed by atoms with van der Waals surface area (Å²) in [5, 5.41) is 24.7. The molecule has 38 heavy (non-hydrogen) atoms. The lowest BCUT2D eigenvalue weighted by Gasteiger charge is -2.14. The Labute approximate surface area is 216 Å². The van der Waals surface area contributed by atoms with Crippen molar-refractivity contribution in [3.8, 4) is 28.8 Å². The van der Waals surface area contributed by atoms with E-state index in [1.165, 1.54) is 24.1 Å². The van der Waals surface area contributed by atoms with E-state index >= 15 is 0 Å². The van der Waals surface area contributed by atoms with Crippen molar-refractivity contribution in [2.45, 2.75) is 13.5 Å². The lowest BCUT2D eigenvalue weighted by atomic mass is 10.1. The Balaban J connectivity index is 1.54. The number of benzene rings is 2. The van der Waals surface area contributed by atoms with Gasteiger partial charge in [0.25, 0.3) is 0 Å². The minimum Gasteiger partial charge on any atom is -0.496 e. The quantitative estimate of drug-likeness (QED) is 0.264. The molecule has 3 N–H and O–H groups in total. The van der Waals surface area contributed by atoms with E-state index in [1.807, 2.05) is 13.0 Å². The maximum Gasteiger partial charge on any atom is 0.322 e. The second-order valence-electron chi connectivity index (χ2n) is 8.04. The second kappa shape index (κ2) is 11.4. The highest BCUT2D eigenvalue weighted by Crippen LogP contribution is 2.33. The summed E-state index contributed by atoms with van der Waals surface area (Å²) in [5.41, 5.74) is 1.94. The fourth-order valence-electron chi connectivity index (χ4n) is 4.02. The number of rotatable bonds is 11. The van der Waals surface area contributed by atoms with Crippen molar-refractivity contribution in [1.82, 2.24) is 14.5 Å². The van der Waals surface area contributed by atoms with Gasteiger partial charge in [0.05, 0.1) is 30.6 Å². The molecule has 2 heterocycles. The van der Waals surface area contributed by atoms with Gasteiger partial charge >= 0.3 is 5.97 Å². The molecule has 0 amide bonds. The number of hydrogen-bond donors (Lipinski definition) is 3. The van der Waals surface area contributed by atoms with E-state index in [4.69, 9.17) is 14.6 Å². The number of ether oxygens (including phenoxy) is 2. The SMILES string of the molecule is CCOc1cc(-c2cc(NCCn3c(C#N)cc4c(OC)cc(F)c(F)c43)ncn2)ccc1NCC(=O)O. The third-order valence-corrected chi connectivity index (χ3v) is 5.69. The zero-order valence-corrected chi connectivity index (χ0v) is 20.6. The fraction of sp³-hybridized carbons (Fsp3) is 0.231. The van der Waals surface area contributed by atoms with Crippen molar-refractivity contribution in [1.29, 1.82) is 5.26 Å². The minimum absolute atomic E-state index is 0.0522. The van der Waals surface area contributed by atoms with E-state index in [9.17, 15) is 18.8 Å². The van der Waals surface area contributed by atoms with Crippen LogP contribution in [0.4, 0.5) is 20.3 Å². The summed E-state index contributed by atoms with van der Waals surface area (Å²) in [6.07, 6.45) is 1.38. The monoisotopic (exact) mass is 522 g/mol. The molecule has 0 unspecified atom stereocenters. The number of halogens is 2. The lowest BCUT2D eigenvalue weighted by molar-refractivity contribution is -0.134. The standard InChI is InChI=1S/C26H24F2N6O4/c1-3-38-22-8-15(4-5-19(22)31-13-24(35)36)20-11-23(33-14-32-20)30-6-7-34-16(12-29)9-17-21(37-2)10-18(27)25(28)26(17)34/h4-5,8-11,14,31H,3,6-7,13H2,1-2H3,(H,35,36)(H,30,32,33). The van der Waals surface area contributed by atoms with Crippen LogP contribution in [-0.4, -0.2) is 52.4 Å². The number of carboxylic acids is 1. The van der Waals surface area contributed by atoms with E-state index < -0.39 is 17.6 Å². The zero-order chi connectivity index (χ0) is 27.2. The summed E-state index contributed by atoms with van der Waals surface area (Å²) in [6, 6.07) is 11.4. The predicted molar refractivity (Wildman–Crippen MR) is 136 cm³/mol. The van der Waals surface area contributed by atoms with Crippen molar-refractivity contribution in [2.24, 2.45) is 0 Å². The molecule has 196 valence electrons. The molecule has 0 aliphatic carbocycles. The van der Waals surface area contributed by atoms with Gasteiger partial charge in [0.2, 0.25) is 0 Å². The third-order valence-electron chi connectivity index (χ3n) is 5.69. The first-order valence-electron chi connectivity index (χ1n) is 11.6. The van der Waals surface area contributed by atoms with Crippen molar-refractivity contribution in [3.63, 3.8) is 0 Å². The molecule has 0 saturated heterocycles. The highest BCUT2D eigenvalue weighted by atomic mass is 19.2. The van der Waals surface area contributed by atoms with Crippen LogP contribution >= 0.6 is 0 Å². The van der Waals surface area contributed by atoms with Crippen molar-refractivity contribution in [2.75, 3.05) is 37.4 Å². The topological polar surface area (TPSA) is 134 Å². The van der Waals surface area contributed by atoms with E-state index in [1.54, 1.807) is 24.3 Å². The van der Waals surface area contributed by atoms with Gasteiger partial charge in [0, 0.05) is 36.2 Å². The predicted octanol–water partition coefficient (Wildman–Crippen LogP) is 4.26. The summed E-state index contributed by atoms with van der Waals surface area (Å²) in [6.45, 7) is 2.34. The number of nitriles is 1. The summed E-state index contributed by atoms with van der Waals surface area (Å²) < 4.78 is 41.0. The van der Waals surface area contributed by atoms with Crippen LogP contribution in [-0.2, 0) is 11.3 Å². The fourth-order valence-corrected chi connectivity index (χ4v) is 4.02. The summed E-state index contributed by atoms with van der Waals surface area (Å²) >= 11 is 0. The van der Waals surface area contributed by atoms with Crippen LogP contribution in [0.15, 0.2) is 42.7 Å². The van der Waals surface area contributed by atoms with Crippen molar-refractivity contribution in [3.05, 3.63) is 60.1 Å². The van der Waals surface area contributed by atoms with Crippen molar-refractivity contribution < 1.29 is 28.2 Å². The van der Waals surface area contributed by atoms with Crippen molar-refractivity contribution >= 4 is 28.4 Å². The highest BCUT2D eigenvalue weighted by molar-refractivity contribution is 5.89. The average molecular weight is 523 g/mol. The van der Waals surface area contributed by atoms with Gasteiger partial charge in [-0.3, -0.25) is 4.79 Å². The molecule has 0 aliphatic rings. The van der Waals surface area contributed by atoms with Gasteiger partial charge in [-0.25, -0.2) is 18.7 Å². The highest BCUT2D eigenvalue weighted by Gasteiger charge is 2.20. The zero-order valence-electron chi connectivity index (χ0n) is 20.6. The average Bonchev–Trinajstić information content (AvgIpc) is 3.29. The van der Waals surface area contributed by atoms with Gasteiger partial charge in [-0.15, -0.1) is 0 Å². The summed E-state index contributed by atoms with van der Waals surface area (Å²) in [7, 11) is 1.35. The number of hydrogen-bond acceptors (Lipinski definition) is 8. The van der Waals surface area contributed by atoms with Gasteiger partial charge < -0.3 is 29.8 Å². The number of aromatic nitrogens is 3. The Kier molecular flexibility index (Phi) is 7.86. The van der Waals surface area contributed by atoms with Crippen LogP contribution in [0.3, 0.4) is 0 Å². The minimum atomic E-state index is -1.07. The van der Waals surface area contributed by atoms with E-state index in [-0.39, 0.29) is 36.6 Å². The van der Waals surface area contributed by atoms with Gasteiger partial charge in [-0.05, 0) is 25.1 Å². The van der Waals surface area contributed by atoms with Crippen LogP contribution in [0.2, 0.25) is 0 Å². The molecule has 0 bridgehead atoms. The molecule has 4 rings (SSSR count). The molecule has 4 aromatic rings. The second-order valence-corrected chi connectivity index (χ2v) is 8.04. The number of anilines is 2. The van der Waals surface area contributed by atoms with Gasteiger partial charge in [-0.2, -0.15) is 5.26 Å². The Morgan fingerprint density at radius 1 is 1.16 bits per heavy atom. The molecule has 0 fully saturated rings. The van der Waals surface area contributed by atoms with Crippen LogP contribution < -0.4 is 20.1 Å². The van der Waals surface area contributed by atoms with Crippen LogP contribution in [0, 0.1) is 23.0 Å². The Morgan fingerprint density at radius 3 is 2.68 bits per heavy atom. The van der Waals surface area contributed by atoms with Crippen LogP contribution in [0.1, 0.15) is 12.6 Å². The maximum absolute atomic E-state index is 14.7. The van der Waals surface area contributed by atoms with Crippen LogP contribution in [0.25, 0.3) is 22.2 Å². The molecule has 10 nitrogen and oxygen atoms in total. The maximum atomic E-state index is 14.7. The first-order valence-corrected chi connectivity index (χ1v) is 11.6. The molecule has 0 atom stereocenters. The smallest absolute Gasteiger partial charge is 0.322 e. The molecule has 0 aliphatic heterocycles. The first kappa shape index (κ1) is 26.2. The van der Waals surface area contributed by atoms with E-state index in [2.05, 4.69) is 20.6 Å². The van der Waals surface area contributed by atoms with E-state index in [0.717, 1.165) is 6.07 Å². The Bertz CT molecular complexity index is 1530. The molecule has 12 heteroatoms. The number of carbonyl (C=O) groups is 1. The first-order chi connectivity index (χ1) is 18.4. The largest absolute Gasteiger partial charge is 0.496 e. The molecule has 0 spiro atoms. The van der Waals surface area contributed by atoms with Gasteiger partial charge in [-0.1, -0.05) is 6.07 Å². The Morgan fingerprint density at radius 2 is 1.97 bits per heavy atom. The normalized spacial score (nSPS) is 10.7. The number of fused-ring (bicyclic) bond motifs is 1. The number of nitrogens with zero attached hydrogens (tertiary/aromatic N) is 4. The Hall–Kier alpha value is -4.92. The van der Waals surface area contributed by atoms with Crippen LogP contribution in [0.5, 0.6) is 11.5 Å². The van der Waals surface area contributed by atoms with Gasteiger partial charge in [0.15, 0.2) is 11.6 Å². The van der Waals surface area contributed by atoms with E-state index in [0.29, 0.717) is 40.5 Å². The molecular formula is C26H24F2N6O4. The molecular weight excluding hydrogens is 498 g/mol. The van der Waals surface area contributed by atoms with Gasteiger partial charge in [0.1, 0.15) is 42.0 Å². The number of nitrogens with one attached hydrogen (secondary N) is 2. The molecule has 0 radical (unpaired) electrons. The third kappa shape index (κ3) is 5.41. The lowest BCUT2D eigenvalue weighted by Crippen LogP contribution is -2.13.